The van der Waals surface area contributed by atoms with Crippen molar-refractivity contribution in [3.05, 3.63) is 29.3 Å². The number of anilines is 1. The largest absolute Gasteiger partial charge is 0.417 e. The Balaban J connectivity index is 2.22. The number of hydrogen-bond donors (Lipinski definition) is 2. The average molecular weight is 297 g/mol. The van der Waals surface area contributed by atoms with Gasteiger partial charge in [0.2, 0.25) is 5.91 Å². The van der Waals surface area contributed by atoms with E-state index in [1.807, 2.05) is 6.92 Å². The number of amides is 1. The first-order chi connectivity index (χ1) is 9.82. The van der Waals surface area contributed by atoms with E-state index in [9.17, 15) is 18.0 Å². The lowest BCUT2D eigenvalue weighted by atomic mass is 9.97. The minimum atomic E-state index is -4.63. The molecule has 0 aliphatic carbocycles. The van der Waals surface area contributed by atoms with Crippen LogP contribution in [0.2, 0.25) is 0 Å². The smallest absolute Gasteiger partial charge is 0.326 e. The Morgan fingerprint density at radius 1 is 1.43 bits per heavy atom. The SMILES string of the molecule is CC1CNCC1C(=O)Nc1ccc(C#N)c(C(F)(F)F)c1. The summed E-state index contributed by atoms with van der Waals surface area (Å²) in [6.07, 6.45) is -4.63. The van der Waals surface area contributed by atoms with Gasteiger partial charge in [-0.2, -0.15) is 18.4 Å². The zero-order valence-corrected chi connectivity index (χ0v) is 11.3. The molecular formula is C14H14F3N3O. The predicted octanol–water partition coefficient (Wildman–Crippen LogP) is 2.37. The Kier molecular flexibility index (Phi) is 4.19. The summed E-state index contributed by atoms with van der Waals surface area (Å²) in [5.74, 6) is -0.453. The molecule has 1 heterocycles. The Labute approximate surface area is 119 Å². The second kappa shape index (κ2) is 5.74. The van der Waals surface area contributed by atoms with Crippen molar-refractivity contribution < 1.29 is 18.0 Å². The van der Waals surface area contributed by atoms with Crippen LogP contribution in [-0.4, -0.2) is 19.0 Å². The van der Waals surface area contributed by atoms with E-state index in [1.165, 1.54) is 12.1 Å². The molecule has 2 unspecified atom stereocenters. The van der Waals surface area contributed by atoms with Crippen molar-refractivity contribution in [3.63, 3.8) is 0 Å². The van der Waals surface area contributed by atoms with Gasteiger partial charge in [0.25, 0.3) is 0 Å². The second-order valence-electron chi connectivity index (χ2n) is 5.10. The third-order valence-electron chi connectivity index (χ3n) is 3.57. The predicted molar refractivity (Wildman–Crippen MR) is 70.3 cm³/mol. The van der Waals surface area contributed by atoms with E-state index in [4.69, 9.17) is 5.26 Å². The van der Waals surface area contributed by atoms with Crippen molar-refractivity contribution in [3.8, 4) is 6.07 Å². The number of nitriles is 1. The van der Waals surface area contributed by atoms with Crippen molar-refractivity contribution in [2.24, 2.45) is 11.8 Å². The van der Waals surface area contributed by atoms with Crippen LogP contribution in [0.15, 0.2) is 18.2 Å². The van der Waals surface area contributed by atoms with Crippen LogP contribution in [-0.2, 0) is 11.0 Å². The molecule has 2 atom stereocenters. The number of carbonyl (C=O) groups excluding carboxylic acids is 1. The molecule has 1 amide bonds. The molecule has 1 aliphatic rings. The third kappa shape index (κ3) is 3.34. The molecule has 7 heteroatoms. The van der Waals surface area contributed by atoms with Gasteiger partial charge in [-0.15, -0.1) is 0 Å². The summed E-state index contributed by atoms with van der Waals surface area (Å²) >= 11 is 0. The lowest BCUT2D eigenvalue weighted by molar-refractivity contribution is -0.137. The zero-order valence-electron chi connectivity index (χ0n) is 11.3. The Bertz CT molecular complexity index is 592. The van der Waals surface area contributed by atoms with Gasteiger partial charge in [-0.3, -0.25) is 4.79 Å². The topological polar surface area (TPSA) is 64.9 Å². The molecule has 21 heavy (non-hydrogen) atoms. The van der Waals surface area contributed by atoms with Crippen LogP contribution in [0.4, 0.5) is 18.9 Å². The van der Waals surface area contributed by atoms with Gasteiger partial charge in [0.05, 0.1) is 23.1 Å². The van der Waals surface area contributed by atoms with Gasteiger partial charge in [-0.05, 0) is 30.7 Å². The van der Waals surface area contributed by atoms with Gasteiger partial charge in [0.15, 0.2) is 0 Å². The molecule has 1 aromatic carbocycles. The molecule has 112 valence electrons. The van der Waals surface area contributed by atoms with E-state index < -0.39 is 17.3 Å². The number of rotatable bonds is 2. The molecule has 4 nitrogen and oxygen atoms in total. The highest BCUT2D eigenvalue weighted by molar-refractivity contribution is 5.93. The Hall–Kier alpha value is -2.07. The summed E-state index contributed by atoms with van der Waals surface area (Å²) < 4.78 is 38.5. The summed E-state index contributed by atoms with van der Waals surface area (Å²) in [5.41, 5.74) is -1.46. The third-order valence-corrected chi connectivity index (χ3v) is 3.57. The van der Waals surface area contributed by atoms with Gasteiger partial charge in [-0.1, -0.05) is 6.92 Å². The minimum Gasteiger partial charge on any atom is -0.326 e. The number of hydrogen-bond acceptors (Lipinski definition) is 3. The van der Waals surface area contributed by atoms with Gasteiger partial charge >= 0.3 is 6.18 Å². The van der Waals surface area contributed by atoms with Crippen LogP contribution in [0.1, 0.15) is 18.1 Å². The molecule has 2 N–H and O–H groups in total. The highest BCUT2D eigenvalue weighted by Gasteiger charge is 2.34. The quantitative estimate of drug-likeness (QED) is 0.881. The summed E-state index contributed by atoms with van der Waals surface area (Å²) in [4.78, 5) is 12.0. The fraction of sp³-hybridized carbons (Fsp3) is 0.429. The van der Waals surface area contributed by atoms with Crippen molar-refractivity contribution in [2.45, 2.75) is 13.1 Å². The van der Waals surface area contributed by atoms with Crippen LogP contribution in [0.5, 0.6) is 0 Å². The van der Waals surface area contributed by atoms with Crippen LogP contribution >= 0.6 is 0 Å². The maximum absolute atomic E-state index is 12.8. The number of nitrogens with one attached hydrogen (secondary N) is 2. The van der Waals surface area contributed by atoms with E-state index in [2.05, 4.69) is 10.6 Å². The van der Waals surface area contributed by atoms with Crippen molar-refractivity contribution in [2.75, 3.05) is 18.4 Å². The standard InChI is InChI=1S/C14H14F3N3O/c1-8-6-19-7-11(8)13(21)20-10-3-2-9(5-18)12(4-10)14(15,16)17/h2-4,8,11,19H,6-7H2,1H3,(H,20,21). The molecule has 0 aromatic heterocycles. The summed E-state index contributed by atoms with van der Waals surface area (Å²) in [6.45, 7) is 3.12. The van der Waals surface area contributed by atoms with Crippen LogP contribution in [0, 0.1) is 23.2 Å². The van der Waals surface area contributed by atoms with Gasteiger partial charge in [0, 0.05) is 12.2 Å². The molecular weight excluding hydrogens is 283 g/mol. The molecule has 0 bridgehead atoms. The van der Waals surface area contributed by atoms with Crippen LogP contribution in [0.3, 0.4) is 0 Å². The van der Waals surface area contributed by atoms with Gasteiger partial charge in [-0.25, -0.2) is 0 Å². The fourth-order valence-corrected chi connectivity index (χ4v) is 2.35. The molecule has 1 fully saturated rings. The van der Waals surface area contributed by atoms with Crippen LogP contribution < -0.4 is 10.6 Å². The summed E-state index contributed by atoms with van der Waals surface area (Å²) in [5, 5.41) is 14.3. The normalized spacial score (nSPS) is 21.9. The highest BCUT2D eigenvalue weighted by Crippen LogP contribution is 2.33. The number of benzene rings is 1. The second-order valence-corrected chi connectivity index (χ2v) is 5.10. The van der Waals surface area contributed by atoms with Crippen molar-refractivity contribution in [1.82, 2.24) is 5.32 Å². The molecule has 2 rings (SSSR count). The first-order valence-corrected chi connectivity index (χ1v) is 6.46. The monoisotopic (exact) mass is 297 g/mol. The number of carbonyl (C=O) groups is 1. The highest BCUT2D eigenvalue weighted by atomic mass is 19.4. The average Bonchev–Trinajstić information content (AvgIpc) is 2.84. The van der Waals surface area contributed by atoms with Gasteiger partial charge < -0.3 is 10.6 Å². The first-order valence-electron chi connectivity index (χ1n) is 6.46. The zero-order chi connectivity index (χ0) is 15.6. The maximum atomic E-state index is 12.8. The number of alkyl halides is 3. The lowest BCUT2D eigenvalue weighted by Gasteiger charge is -2.16. The first kappa shape index (κ1) is 15.3. The molecule has 1 aromatic rings. The lowest BCUT2D eigenvalue weighted by Crippen LogP contribution is -2.28. The molecule has 1 saturated heterocycles. The molecule has 0 saturated carbocycles. The van der Waals surface area contributed by atoms with E-state index in [1.54, 1.807) is 0 Å². The fourth-order valence-electron chi connectivity index (χ4n) is 2.35. The van der Waals surface area contributed by atoms with Crippen LogP contribution in [0.25, 0.3) is 0 Å². The van der Waals surface area contributed by atoms with Gasteiger partial charge in [0.1, 0.15) is 0 Å². The molecule has 1 aliphatic heterocycles. The minimum absolute atomic E-state index is 0.0467. The summed E-state index contributed by atoms with van der Waals surface area (Å²) in [7, 11) is 0. The maximum Gasteiger partial charge on any atom is 0.417 e. The van der Waals surface area contributed by atoms with E-state index in [-0.39, 0.29) is 23.4 Å². The Morgan fingerprint density at radius 3 is 2.67 bits per heavy atom. The van der Waals surface area contributed by atoms with E-state index >= 15 is 0 Å². The van der Waals surface area contributed by atoms with Crippen molar-refractivity contribution in [1.29, 1.82) is 5.26 Å². The van der Waals surface area contributed by atoms with Crippen molar-refractivity contribution >= 4 is 11.6 Å². The van der Waals surface area contributed by atoms with E-state index in [0.29, 0.717) is 13.1 Å². The molecule has 0 radical (unpaired) electrons. The summed E-state index contributed by atoms with van der Waals surface area (Å²) in [6, 6.07) is 4.67. The van der Waals surface area contributed by atoms with E-state index in [0.717, 1.165) is 12.1 Å². The molecule has 0 spiro atoms. The Morgan fingerprint density at radius 2 is 2.14 bits per heavy atom. The number of halogens is 3. The number of nitrogens with zero attached hydrogens (tertiary/aromatic N) is 1.